The van der Waals surface area contributed by atoms with Gasteiger partial charge >= 0.3 is 5.97 Å². The van der Waals surface area contributed by atoms with Crippen LogP contribution in [0.4, 0.5) is 0 Å². The van der Waals surface area contributed by atoms with Crippen molar-refractivity contribution >= 4 is 43.8 Å². The molecule has 0 bridgehead atoms. The highest BCUT2D eigenvalue weighted by atomic mass is 79.9. The molecule has 0 aliphatic rings. The molecule has 1 unspecified atom stereocenters. The number of rotatable bonds is 2. The lowest BCUT2D eigenvalue weighted by molar-refractivity contribution is -0.146. The van der Waals surface area contributed by atoms with Crippen molar-refractivity contribution in [1.82, 2.24) is 0 Å². The summed E-state index contributed by atoms with van der Waals surface area (Å²) in [5.41, 5.74) is 1.08. The van der Waals surface area contributed by atoms with Crippen molar-refractivity contribution < 1.29 is 23.8 Å². The predicted molar refractivity (Wildman–Crippen MR) is 75.8 cm³/mol. The van der Waals surface area contributed by atoms with Gasteiger partial charge in [-0.05, 0) is 41.9 Å². The number of aliphatic hydroxyl groups excluding tert-OH is 1. The molecule has 0 spiro atoms. The largest absolute Gasteiger partial charge is 0.479 e. The maximum absolute atomic E-state index is 11.2. The number of aliphatic carboxylic acids is 1. The van der Waals surface area contributed by atoms with Crippen LogP contribution in [-0.4, -0.2) is 16.2 Å². The number of carbonyl (C=O) groups is 1. The second kappa shape index (κ2) is 4.36. The Balaban J connectivity index is 2.54. The average Bonchev–Trinajstić information content (AvgIpc) is 2.92. The highest BCUT2D eigenvalue weighted by molar-refractivity contribution is 9.10. The standard InChI is InChI=1S/C14H11BrO5/c1-5-3-7-9(11(16)14(17)18)12-8(4-6(2)19-12)10(15)13(7)20-5/h3-4,11,16H,1-2H3,(H,17,18). The normalized spacial score (nSPS) is 13.2. The van der Waals surface area contributed by atoms with Crippen LogP contribution in [0.2, 0.25) is 0 Å². The van der Waals surface area contributed by atoms with Crippen LogP contribution in [0, 0.1) is 13.8 Å². The first kappa shape index (κ1) is 13.2. The Bertz CT molecular complexity index is 785. The lowest BCUT2D eigenvalue weighted by atomic mass is 10.0. The van der Waals surface area contributed by atoms with Gasteiger partial charge in [0.2, 0.25) is 0 Å². The van der Waals surface area contributed by atoms with Gasteiger partial charge in [0.25, 0.3) is 0 Å². The van der Waals surface area contributed by atoms with Crippen LogP contribution < -0.4 is 0 Å². The molecular formula is C14H11BrO5. The third kappa shape index (κ3) is 1.76. The Morgan fingerprint density at radius 1 is 1.15 bits per heavy atom. The topological polar surface area (TPSA) is 83.8 Å². The van der Waals surface area contributed by atoms with Crippen LogP contribution in [0.5, 0.6) is 0 Å². The van der Waals surface area contributed by atoms with E-state index in [2.05, 4.69) is 15.9 Å². The molecule has 2 aromatic heterocycles. The molecule has 1 atom stereocenters. The minimum atomic E-state index is -1.67. The Morgan fingerprint density at radius 2 is 1.70 bits per heavy atom. The highest BCUT2D eigenvalue weighted by Crippen LogP contribution is 2.41. The summed E-state index contributed by atoms with van der Waals surface area (Å²) in [7, 11) is 0. The van der Waals surface area contributed by atoms with Gasteiger partial charge in [-0.1, -0.05) is 0 Å². The summed E-state index contributed by atoms with van der Waals surface area (Å²) in [5, 5.41) is 20.3. The summed E-state index contributed by atoms with van der Waals surface area (Å²) in [5.74, 6) is -0.0735. The molecule has 0 aliphatic heterocycles. The van der Waals surface area contributed by atoms with Gasteiger partial charge in [-0.3, -0.25) is 0 Å². The van der Waals surface area contributed by atoms with E-state index >= 15 is 0 Å². The summed E-state index contributed by atoms with van der Waals surface area (Å²) in [6.45, 7) is 3.52. The van der Waals surface area contributed by atoms with Gasteiger partial charge in [0.1, 0.15) is 22.7 Å². The first-order valence-corrected chi connectivity index (χ1v) is 6.72. The van der Waals surface area contributed by atoms with Gasteiger partial charge in [-0.2, -0.15) is 0 Å². The Hall–Kier alpha value is -1.79. The molecule has 0 saturated carbocycles. The van der Waals surface area contributed by atoms with E-state index in [1.165, 1.54) is 0 Å². The van der Waals surface area contributed by atoms with Crippen molar-refractivity contribution in [3.8, 4) is 0 Å². The van der Waals surface area contributed by atoms with E-state index in [4.69, 9.17) is 13.9 Å². The Labute approximate surface area is 121 Å². The number of halogens is 1. The van der Waals surface area contributed by atoms with E-state index in [-0.39, 0.29) is 5.56 Å². The van der Waals surface area contributed by atoms with Crippen LogP contribution in [0.25, 0.3) is 21.9 Å². The zero-order valence-electron chi connectivity index (χ0n) is 10.7. The predicted octanol–water partition coefficient (Wildman–Crippen LogP) is 3.68. The summed E-state index contributed by atoms with van der Waals surface area (Å²) >= 11 is 3.45. The second-order valence-corrected chi connectivity index (χ2v) is 5.46. The second-order valence-electron chi connectivity index (χ2n) is 4.67. The lowest BCUT2D eigenvalue weighted by Crippen LogP contribution is -2.11. The molecule has 0 amide bonds. The number of furan rings is 2. The first-order valence-electron chi connectivity index (χ1n) is 5.92. The quantitative estimate of drug-likeness (QED) is 0.744. The van der Waals surface area contributed by atoms with Crippen molar-refractivity contribution in [1.29, 1.82) is 0 Å². The van der Waals surface area contributed by atoms with E-state index in [0.29, 0.717) is 37.9 Å². The van der Waals surface area contributed by atoms with Gasteiger partial charge in [0, 0.05) is 16.3 Å². The monoisotopic (exact) mass is 338 g/mol. The fourth-order valence-electron chi connectivity index (χ4n) is 2.39. The molecule has 3 rings (SSSR count). The van der Waals surface area contributed by atoms with Crippen LogP contribution in [-0.2, 0) is 4.79 Å². The summed E-state index contributed by atoms with van der Waals surface area (Å²) in [4.78, 5) is 11.2. The number of aryl methyl sites for hydroxylation is 2. The van der Waals surface area contributed by atoms with Gasteiger partial charge in [0.05, 0.1) is 4.47 Å². The highest BCUT2D eigenvalue weighted by Gasteiger charge is 2.27. The SMILES string of the molecule is Cc1cc2c(C(O)C(=O)O)c3oc(C)cc3c(Br)c2o1. The fraction of sp³-hybridized carbons (Fsp3) is 0.214. The molecule has 0 fully saturated rings. The van der Waals surface area contributed by atoms with Crippen molar-refractivity contribution in [2.75, 3.05) is 0 Å². The number of carboxylic acid groups (broad SMARTS) is 1. The summed E-state index contributed by atoms with van der Waals surface area (Å²) in [6, 6.07) is 3.47. The molecule has 6 heteroatoms. The number of benzene rings is 1. The Kier molecular flexibility index (Phi) is 2.88. The van der Waals surface area contributed by atoms with Gasteiger partial charge < -0.3 is 19.0 Å². The first-order chi connectivity index (χ1) is 9.40. The van der Waals surface area contributed by atoms with Crippen molar-refractivity contribution in [2.45, 2.75) is 20.0 Å². The molecular weight excluding hydrogens is 328 g/mol. The van der Waals surface area contributed by atoms with E-state index < -0.39 is 12.1 Å². The third-order valence-electron chi connectivity index (χ3n) is 3.19. The summed E-state index contributed by atoms with van der Waals surface area (Å²) < 4.78 is 11.9. The minimum Gasteiger partial charge on any atom is -0.479 e. The molecule has 104 valence electrons. The van der Waals surface area contributed by atoms with Gasteiger partial charge in [-0.25, -0.2) is 4.79 Å². The number of fused-ring (bicyclic) bond motifs is 2. The zero-order chi connectivity index (χ0) is 14.6. The van der Waals surface area contributed by atoms with Crippen LogP contribution in [0.15, 0.2) is 25.4 Å². The molecule has 2 N–H and O–H groups in total. The van der Waals surface area contributed by atoms with Crippen LogP contribution >= 0.6 is 15.9 Å². The molecule has 5 nitrogen and oxygen atoms in total. The van der Waals surface area contributed by atoms with Crippen LogP contribution in [0.3, 0.4) is 0 Å². The molecule has 2 heterocycles. The molecule has 3 aromatic rings. The van der Waals surface area contributed by atoms with Gasteiger partial charge in [-0.15, -0.1) is 0 Å². The molecule has 0 aliphatic carbocycles. The maximum Gasteiger partial charge on any atom is 0.337 e. The third-order valence-corrected chi connectivity index (χ3v) is 3.98. The Morgan fingerprint density at radius 3 is 2.30 bits per heavy atom. The van der Waals surface area contributed by atoms with Gasteiger partial charge in [0.15, 0.2) is 6.10 Å². The zero-order valence-corrected chi connectivity index (χ0v) is 12.3. The van der Waals surface area contributed by atoms with E-state index in [1.807, 2.05) is 0 Å². The number of aliphatic hydroxyl groups is 1. The lowest BCUT2D eigenvalue weighted by Gasteiger charge is -2.09. The number of hydrogen-bond donors (Lipinski definition) is 2. The van der Waals surface area contributed by atoms with Crippen LogP contribution in [0.1, 0.15) is 23.2 Å². The van der Waals surface area contributed by atoms with E-state index in [0.717, 1.165) is 0 Å². The fourth-order valence-corrected chi connectivity index (χ4v) is 2.98. The minimum absolute atomic E-state index is 0.218. The maximum atomic E-state index is 11.2. The molecule has 0 radical (unpaired) electrons. The molecule has 0 saturated heterocycles. The number of carboxylic acids is 1. The molecule has 1 aromatic carbocycles. The number of hydrogen-bond acceptors (Lipinski definition) is 4. The molecule has 20 heavy (non-hydrogen) atoms. The van der Waals surface area contributed by atoms with Crippen molar-refractivity contribution in [3.05, 3.63) is 33.7 Å². The smallest absolute Gasteiger partial charge is 0.337 e. The van der Waals surface area contributed by atoms with E-state index in [9.17, 15) is 9.90 Å². The van der Waals surface area contributed by atoms with Crippen molar-refractivity contribution in [3.63, 3.8) is 0 Å². The summed E-state index contributed by atoms with van der Waals surface area (Å²) in [6.07, 6.45) is -1.67. The van der Waals surface area contributed by atoms with E-state index in [1.54, 1.807) is 26.0 Å². The van der Waals surface area contributed by atoms with Crippen molar-refractivity contribution in [2.24, 2.45) is 0 Å². The average molecular weight is 339 g/mol.